The lowest BCUT2D eigenvalue weighted by molar-refractivity contribution is -0.00686. The number of amides is 1. The molecule has 0 aliphatic carbocycles. The van der Waals surface area contributed by atoms with Crippen LogP contribution in [0, 0.1) is 0 Å². The maximum absolute atomic E-state index is 11.3. The molecule has 4 nitrogen and oxygen atoms in total. The second kappa shape index (κ2) is 6.75. The summed E-state index contributed by atoms with van der Waals surface area (Å²) in [4.78, 5) is 16.3. The second-order valence-corrected chi connectivity index (χ2v) is 5.74. The molecular formula is C13H18BrNO3. The van der Waals surface area contributed by atoms with Crippen LogP contribution < -0.4 is 5.48 Å². The standard InChI is InChI=1S/C13H18BrNO3/c1-13(2,3)18-12(16)15-17-9-8-10-4-6-11(14)7-5-10/h4-7H,8-9H2,1-3H3,(H,15,16). The Kier molecular flexibility index (Phi) is 5.62. The highest BCUT2D eigenvalue weighted by molar-refractivity contribution is 9.10. The Morgan fingerprint density at radius 1 is 1.28 bits per heavy atom. The highest BCUT2D eigenvalue weighted by Crippen LogP contribution is 2.10. The van der Waals surface area contributed by atoms with Crippen molar-refractivity contribution in [2.24, 2.45) is 0 Å². The fourth-order valence-corrected chi connectivity index (χ4v) is 1.49. The number of halogens is 1. The summed E-state index contributed by atoms with van der Waals surface area (Å²) in [6, 6.07) is 7.94. The van der Waals surface area contributed by atoms with E-state index in [0.29, 0.717) is 6.61 Å². The van der Waals surface area contributed by atoms with Crippen LogP contribution in [0.15, 0.2) is 28.7 Å². The molecule has 0 heterocycles. The molecule has 100 valence electrons. The first-order valence-corrected chi connectivity index (χ1v) is 6.51. The van der Waals surface area contributed by atoms with E-state index in [1.807, 2.05) is 24.3 Å². The fraction of sp³-hybridized carbons (Fsp3) is 0.462. The average molecular weight is 316 g/mol. The summed E-state index contributed by atoms with van der Waals surface area (Å²) in [6.45, 7) is 5.80. The summed E-state index contributed by atoms with van der Waals surface area (Å²) >= 11 is 3.37. The van der Waals surface area contributed by atoms with E-state index < -0.39 is 11.7 Å². The van der Waals surface area contributed by atoms with Crippen molar-refractivity contribution in [1.82, 2.24) is 5.48 Å². The van der Waals surface area contributed by atoms with Gasteiger partial charge in [-0.15, -0.1) is 0 Å². The fourth-order valence-electron chi connectivity index (χ4n) is 1.23. The van der Waals surface area contributed by atoms with E-state index in [2.05, 4.69) is 21.4 Å². The number of hydrogen-bond donors (Lipinski definition) is 1. The summed E-state index contributed by atoms with van der Waals surface area (Å²) in [7, 11) is 0. The minimum Gasteiger partial charge on any atom is -0.442 e. The molecule has 0 saturated carbocycles. The smallest absolute Gasteiger partial charge is 0.431 e. The van der Waals surface area contributed by atoms with Crippen LogP contribution in [-0.4, -0.2) is 18.3 Å². The van der Waals surface area contributed by atoms with E-state index in [9.17, 15) is 4.79 Å². The van der Waals surface area contributed by atoms with Crippen LogP contribution in [0.5, 0.6) is 0 Å². The Balaban J connectivity index is 2.19. The molecule has 1 aromatic rings. The molecule has 1 aromatic carbocycles. The van der Waals surface area contributed by atoms with Crippen molar-refractivity contribution in [3.05, 3.63) is 34.3 Å². The third-order valence-electron chi connectivity index (χ3n) is 1.96. The van der Waals surface area contributed by atoms with E-state index in [4.69, 9.17) is 9.57 Å². The zero-order valence-corrected chi connectivity index (χ0v) is 12.4. The van der Waals surface area contributed by atoms with Gasteiger partial charge in [0.15, 0.2) is 0 Å². The quantitative estimate of drug-likeness (QED) is 0.684. The van der Waals surface area contributed by atoms with Crippen molar-refractivity contribution in [2.45, 2.75) is 32.8 Å². The van der Waals surface area contributed by atoms with Gasteiger partial charge in [0.1, 0.15) is 5.60 Å². The minimum atomic E-state index is -0.571. The molecule has 0 bridgehead atoms. The Hall–Kier alpha value is -1.07. The van der Waals surface area contributed by atoms with Gasteiger partial charge in [-0.3, -0.25) is 4.84 Å². The number of benzene rings is 1. The third kappa shape index (κ3) is 6.61. The molecule has 0 aliphatic heterocycles. The van der Waals surface area contributed by atoms with Crippen LogP contribution in [0.1, 0.15) is 26.3 Å². The average Bonchev–Trinajstić information content (AvgIpc) is 2.24. The van der Waals surface area contributed by atoms with Crippen LogP contribution in [0.25, 0.3) is 0 Å². The van der Waals surface area contributed by atoms with Crippen LogP contribution in [-0.2, 0) is 16.0 Å². The first-order chi connectivity index (χ1) is 8.37. The zero-order valence-electron chi connectivity index (χ0n) is 10.8. The Bertz CT molecular complexity index is 384. The zero-order chi connectivity index (χ0) is 13.6. The highest BCUT2D eigenvalue weighted by atomic mass is 79.9. The molecule has 1 N–H and O–H groups in total. The van der Waals surface area contributed by atoms with E-state index in [-0.39, 0.29) is 0 Å². The lowest BCUT2D eigenvalue weighted by Crippen LogP contribution is -2.32. The van der Waals surface area contributed by atoms with Gasteiger partial charge >= 0.3 is 6.09 Å². The maximum atomic E-state index is 11.3. The SMILES string of the molecule is CC(C)(C)OC(=O)NOCCc1ccc(Br)cc1. The Labute approximate surface area is 116 Å². The van der Waals surface area contributed by atoms with Gasteiger partial charge < -0.3 is 4.74 Å². The normalized spacial score (nSPS) is 11.1. The van der Waals surface area contributed by atoms with Gasteiger partial charge in [0.05, 0.1) is 6.61 Å². The van der Waals surface area contributed by atoms with E-state index in [1.54, 1.807) is 20.8 Å². The molecule has 0 aliphatic rings. The molecule has 18 heavy (non-hydrogen) atoms. The summed E-state index contributed by atoms with van der Waals surface area (Å²) in [5.74, 6) is 0. The van der Waals surface area contributed by atoms with Gasteiger partial charge in [-0.25, -0.2) is 4.79 Å². The van der Waals surface area contributed by atoms with E-state index in [1.165, 1.54) is 0 Å². The van der Waals surface area contributed by atoms with E-state index in [0.717, 1.165) is 16.5 Å². The van der Waals surface area contributed by atoms with Gasteiger partial charge in [0, 0.05) is 4.47 Å². The summed E-state index contributed by atoms with van der Waals surface area (Å²) in [5.41, 5.74) is 2.88. The molecule has 5 heteroatoms. The Morgan fingerprint density at radius 2 is 1.89 bits per heavy atom. The predicted molar refractivity (Wildman–Crippen MR) is 73.2 cm³/mol. The molecule has 0 spiro atoms. The van der Waals surface area contributed by atoms with Crippen LogP contribution >= 0.6 is 15.9 Å². The van der Waals surface area contributed by atoms with E-state index >= 15 is 0 Å². The van der Waals surface area contributed by atoms with Crippen molar-refractivity contribution >= 4 is 22.0 Å². The number of nitrogens with one attached hydrogen (secondary N) is 1. The van der Waals surface area contributed by atoms with Gasteiger partial charge in [-0.05, 0) is 44.9 Å². The lowest BCUT2D eigenvalue weighted by Gasteiger charge is -2.19. The van der Waals surface area contributed by atoms with Crippen LogP contribution in [0.4, 0.5) is 4.79 Å². The molecule has 0 saturated heterocycles. The number of hydrogen-bond acceptors (Lipinski definition) is 3. The van der Waals surface area contributed by atoms with Crippen LogP contribution in [0.3, 0.4) is 0 Å². The van der Waals surface area contributed by atoms with Gasteiger partial charge in [0.25, 0.3) is 0 Å². The topological polar surface area (TPSA) is 47.6 Å². The van der Waals surface area contributed by atoms with Gasteiger partial charge in [0.2, 0.25) is 0 Å². The Morgan fingerprint density at radius 3 is 2.44 bits per heavy atom. The second-order valence-electron chi connectivity index (χ2n) is 4.83. The molecule has 0 unspecified atom stereocenters. The molecule has 0 aromatic heterocycles. The van der Waals surface area contributed by atoms with Crippen molar-refractivity contribution in [3.8, 4) is 0 Å². The van der Waals surface area contributed by atoms with Crippen molar-refractivity contribution in [3.63, 3.8) is 0 Å². The van der Waals surface area contributed by atoms with Crippen LogP contribution in [0.2, 0.25) is 0 Å². The number of carbonyl (C=O) groups is 1. The number of hydroxylamine groups is 1. The molecule has 0 radical (unpaired) electrons. The molecular weight excluding hydrogens is 298 g/mol. The number of carbonyl (C=O) groups excluding carboxylic acids is 1. The van der Waals surface area contributed by atoms with Gasteiger partial charge in [-0.1, -0.05) is 28.1 Å². The molecule has 0 atom stereocenters. The van der Waals surface area contributed by atoms with Crippen molar-refractivity contribution < 1.29 is 14.4 Å². The molecule has 0 fully saturated rings. The van der Waals surface area contributed by atoms with Crippen molar-refractivity contribution in [1.29, 1.82) is 0 Å². The first kappa shape index (κ1) is 15.0. The third-order valence-corrected chi connectivity index (χ3v) is 2.49. The predicted octanol–water partition coefficient (Wildman–Crippen LogP) is 3.45. The first-order valence-electron chi connectivity index (χ1n) is 5.72. The summed E-state index contributed by atoms with van der Waals surface area (Å²) in [5, 5.41) is 0. The highest BCUT2D eigenvalue weighted by Gasteiger charge is 2.15. The minimum absolute atomic E-state index is 0.404. The molecule has 1 amide bonds. The van der Waals surface area contributed by atoms with Gasteiger partial charge in [-0.2, -0.15) is 5.48 Å². The largest absolute Gasteiger partial charge is 0.442 e. The lowest BCUT2D eigenvalue weighted by atomic mass is 10.2. The van der Waals surface area contributed by atoms with Crippen molar-refractivity contribution in [2.75, 3.05) is 6.61 Å². The number of rotatable bonds is 4. The maximum Gasteiger partial charge on any atom is 0.431 e. The molecule has 1 rings (SSSR count). The summed E-state index contributed by atoms with van der Waals surface area (Å²) in [6.07, 6.45) is 0.154. The monoisotopic (exact) mass is 315 g/mol. The number of ether oxygens (including phenoxy) is 1. The summed E-state index contributed by atoms with van der Waals surface area (Å²) < 4.78 is 6.07.